The van der Waals surface area contributed by atoms with Crippen molar-refractivity contribution in [1.82, 2.24) is 0 Å². The van der Waals surface area contributed by atoms with E-state index in [-0.39, 0.29) is 17.9 Å². The molecule has 136 valence electrons. The summed E-state index contributed by atoms with van der Waals surface area (Å²) in [6, 6.07) is 26.9. The Hall–Kier alpha value is -2.04. The van der Waals surface area contributed by atoms with Crippen LogP contribution in [0.15, 0.2) is 88.2 Å². The number of anilines is 1. The van der Waals surface area contributed by atoms with Crippen LogP contribution in [0.5, 0.6) is 0 Å². The zero-order valence-corrected chi connectivity index (χ0v) is 17.4. The number of hydrogen-bond acceptors (Lipinski definition) is 2. The predicted octanol–water partition coefficient (Wildman–Crippen LogP) is 6.25. The number of thioether (sulfide) groups is 1. The summed E-state index contributed by atoms with van der Waals surface area (Å²) in [4.78, 5) is 16.1. The topological polar surface area (TPSA) is 20.3 Å². The van der Waals surface area contributed by atoms with Gasteiger partial charge >= 0.3 is 0 Å². The van der Waals surface area contributed by atoms with Gasteiger partial charge in [-0.05, 0) is 48.9 Å². The van der Waals surface area contributed by atoms with E-state index in [4.69, 9.17) is 0 Å². The second-order valence-corrected chi connectivity index (χ2v) is 8.78. The van der Waals surface area contributed by atoms with Gasteiger partial charge in [-0.2, -0.15) is 0 Å². The number of benzene rings is 3. The summed E-state index contributed by atoms with van der Waals surface area (Å²) in [6.07, 6.45) is 0. The van der Waals surface area contributed by atoms with Crippen molar-refractivity contribution in [3.05, 3.63) is 94.5 Å². The first-order valence-electron chi connectivity index (χ1n) is 8.96. The summed E-state index contributed by atoms with van der Waals surface area (Å²) in [5.74, 6) is 0.974. The standard InChI is InChI=1S/C23H20BrNOS/c1-16-7-11-19(12-8-16)25-22(17-5-3-2-4-6-17)21(23(25)26)15-27-20-13-9-18(24)10-14-20/h2-14,21-22H,15H2,1H3. The molecular weight excluding hydrogens is 418 g/mol. The molecule has 27 heavy (non-hydrogen) atoms. The molecule has 1 heterocycles. The van der Waals surface area contributed by atoms with Crippen LogP contribution in [0.4, 0.5) is 5.69 Å². The number of hydrogen-bond donors (Lipinski definition) is 0. The zero-order valence-electron chi connectivity index (χ0n) is 15.0. The van der Waals surface area contributed by atoms with Crippen LogP contribution in [-0.2, 0) is 4.79 Å². The van der Waals surface area contributed by atoms with E-state index >= 15 is 0 Å². The van der Waals surface area contributed by atoms with Gasteiger partial charge < -0.3 is 4.90 Å². The highest BCUT2D eigenvalue weighted by atomic mass is 79.9. The molecule has 0 aromatic heterocycles. The van der Waals surface area contributed by atoms with Crippen molar-refractivity contribution in [2.45, 2.75) is 17.9 Å². The van der Waals surface area contributed by atoms with E-state index in [1.165, 1.54) is 16.0 Å². The van der Waals surface area contributed by atoms with Crippen LogP contribution in [0.2, 0.25) is 0 Å². The molecule has 0 radical (unpaired) electrons. The van der Waals surface area contributed by atoms with Gasteiger partial charge in [-0.1, -0.05) is 64.0 Å². The van der Waals surface area contributed by atoms with Crippen molar-refractivity contribution >= 4 is 39.3 Å². The number of aryl methyl sites for hydroxylation is 1. The van der Waals surface area contributed by atoms with Gasteiger partial charge in [0.05, 0.1) is 12.0 Å². The summed E-state index contributed by atoms with van der Waals surface area (Å²) in [5.41, 5.74) is 3.37. The van der Waals surface area contributed by atoms with Crippen molar-refractivity contribution in [3.8, 4) is 0 Å². The summed E-state index contributed by atoms with van der Waals surface area (Å²) < 4.78 is 1.07. The Kier molecular flexibility index (Phi) is 5.37. The Balaban J connectivity index is 1.58. The molecule has 3 aromatic rings. The van der Waals surface area contributed by atoms with Gasteiger partial charge in [-0.3, -0.25) is 4.79 Å². The third-order valence-electron chi connectivity index (χ3n) is 4.91. The molecule has 0 spiro atoms. The van der Waals surface area contributed by atoms with Crippen LogP contribution in [0.3, 0.4) is 0 Å². The van der Waals surface area contributed by atoms with Gasteiger partial charge in [-0.25, -0.2) is 0 Å². The molecule has 2 nitrogen and oxygen atoms in total. The lowest BCUT2D eigenvalue weighted by molar-refractivity contribution is -0.129. The van der Waals surface area contributed by atoms with E-state index in [1.54, 1.807) is 11.8 Å². The van der Waals surface area contributed by atoms with E-state index in [0.29, 0.717) is 0 Å². The van der Waals surface area contributed by atoms with Crippen LogP contribution >= 0.6 is 27.7 Å². The smallest absolute Gasteiger partial charge is 0.233 e. The predicted molar refractivity (Wildman–Crippen MR) is 116 cm³/mol. The zero-order chi connectivity index (χ0) is 18.8. The second-order valence-electron chi connectivity index (χ2n) is 6.77. The van der Waals surface area contributed by atoms with Gasteiger partial charge in [-0.15, -0.1) is 11.8 Å². The minimum absolute atomic E-state index is 0.0117. The molecule has 1 saturated heterocycles. The minimum atomic E-state index is -0.0117. The Morgan fingerprint density at radius 3 is 2.26 bits per heavy atom. The lowest BCUT2D eigenvalue weighted by Gasteiger charge is -2.47. The van der Waals surface area contributed by atoms with Crippen LogP contribution in [0.1, 0.15) is 17.2 Å². The van der Waals surface area contributed by atoms with Crippen molar-refractivity contribution in [2.75, 3.05) is 10.7 Å². The SMILES string of the molecule is Cc1ccc(N2C(=O)C(CSc3ccc(Br)cc3)C2c2ccccc2)cc1. The third-order valence-corrected chi connectivity index (χ3v) is 6.57. The van der Waals surface area contributed by atoms with Gasteiger partial charge in [0.25, 0.3) is 0 Å². The molecule has 4 rings (SSSR count). The first-order valence-corrected chi connectivity index (χ1v) is 10.7. The molecule has 0 aliphatic carbocycles. The van der Waals surface area contributed by atoms with Crippen molar-refractivity contribution < 1.29 is 4.79 Å². The average molecular weight is 438 g/mol. The maximum atomic E-state index is 13.0. The first-order chi connectivity index (χ1) is 13.1. The minimum Gasteiger partial charge on any atom is -0.304 e. The van der Waals surface area contributed by atoms with Gasteiger partial charge in [0.2, 0.25) is 5.91 Å². The molecule has 0 bridgehead atoms. The Morgan fingerprint density at radius 1 is 0.926 bits per heavy atom. The normalized spacial score (nSPS) is 19.0. The highest BCUT2D eigenvalue weighted by Crippen LogP contribution is 2.45. The number of halogens is 1. The number of carbonyl (C=O) groups is 1. The number of amides is 1. The molecule has 1 amide bonds. The maximum absolute atomic E-state index is 13.0. The molecule has 0 saturated carbocycles. The van der Waals surface area contributed by atoms with Crippen LogP contribution in [-0.4, -0.2) is 11.7 Å². The molecule has 2 atom stereocenters. The number of β-lactam (4-membered cyclic amide) rings is 1. The highest BCUT2D eigenvalue weighted by Gasteiger charge is 2.48. The lowest BCUT2D eigenvalue weighted by atomic mass is 9.83. The fraction of sp³-hybridized carbons (Fsp3) is 0.174. The highest BCUT2D eigenvalue weighted by molar-refractivity contribution is 9.10. The number of rotatable bonds is 5. The monoisotopic (exact) mass is 437 g/mol. The summed E-state index contributed by atoms with van der Waals surface area (Å²) >= 11 is 5.22. The first kappa shape index (κ1) is 18.3. The lowest BCUT2D eigenvalue weighted by Crippen LogP contribution is -2.56. The van der Waals surface area contributed by atoms with Crippen molar-refractivity contribution in [1.29, 1.82) is 0 Å². The molecule has 1 aliphatic rings. The molecule has 0 N–H and O–H groups in total. The molecular formula is C23H20BrNOS. The Morgan fingerprint density at radius 2 is 1.59 bits per heavy atom. The maximum Gasteiger partial charge on any atom is 0.233 e. The van der Waals surface area contributed by atoms with E-state index in [0.717, 1.165) is 15.9 Å². The summed E-state index contributed by atoms with van der Waals surface area (Å²) in [5, 5.41) is 0. The van der Waals surface area contributed by atoms with E-state index in [1.807, 2.05) is 47.4 Å². The van der Waals surface area contributed by atoms with Crippen molar-refractivity contribution in [3.63, 3.8) is 0 Å². The van der Waals surface area contributed by atoms with Gasteiger partial charge in [0, 0.05) is 20.8 Å². The van der Waals surface area contributed by atoms with Crippen LogP contribution < -0.4 is 4.90 Å². The Bertz CT molecular complexity index is 925. The van der Waals surface area contributed by atoms with E-state index < -0.39 is 0 Å². The molecule has 2 unspecified atom stereocenters. The fourth-order valence-corrected chi connectivity index (χ4v) is 4.74. The largest absolute Gasteiger partial charge is 0.304 e. The number of carbonyl (C=O) groups excluding carboxylic acids is 1. The quantitative estimate of drug-likeness (QED) is 0.347. The van der Waals surface area contributed by atoms with Crippen LogP contribution in [0.25, 0.3) is 0 Å². The molecule has 1 fully saturated rings. The van der Waals surface area contributed by atoms with Gasteiger partial charge in [0.15, 0.2) is 0 Å². The average Bonchev–Trinajstić information content (AvgIpc) is 2.69. The molecule has 4 heteroatoms. The van der Waals surface area contributed by atoms with Crippen LogP contribution in [0, 0.1) is 12.8 Å². The van der Waals surface area contributed by atoms with E-state index in [2.05, 4.69) is 59.3 Å². The summed E-state index contributed by atoms with van der Waals surface area (Å²) in [7, 11) is 0. The summed E-state index contributed by atoms with van der Waals surface area (Å²) in [6.45, 7) is 2.06. The number of nitrogens with zero attached hydrogens (tertiary/aromatic N) is 1. The molecule has 3 aromatic carbocycles. The van der Waals surface area contributed by atoms with Gasteiger partial charge in [0.1, 0.15) is 0 Å². The second kappa shape index (κ2) is 7.91. The van der Waals surface area contributed by atoms with E-state index in [9.17, 15) is 4.79 Å². The van der Waals surface area contributed by atoms with Crippen molar-refractivity contribution in [2.24, 2.45) is 5.92 Å². The third kappa shape index (κ3) is 3.83. The molecule has 1 aliphatic heterocycles. The Labute approximate surface area is 172 Å². The fourth-order valence-electron chi connectivity index (χ4n) is 3.45.